The average Bonchev–Trinajstić information content (AvgIpc) is 1.88. The molecule has 9 heavy (non-hydrogen) atoms. The van der Waals surface area contributed by atoms with Crippen molar-refractivity contribution in [3.8, 4) is 0 Å². The maximum Gasteiger partial charge on any atom is 0.129 e. The third kappa shape index (κ3) is 1.97. The molecule has 1 rings (SSSR count). The molecule has 3 nitrogen and oxygen atoms in total. The van der Waals surface area contributed by atoms with E-state index in [4.69, 9.17) is 17.7 Å². The molecule has 4 heteroatoms. The van der Waals surface area contributed by atoms with Gasteiger partial charge in [0.1, 0.15) is 20.5 Å². The van der Waals surface area contributed by atoms with Crippen molar-refractivity contribution in [2.24, 2.45) is 0 Å². The van der Waals surface area contributed by atoms with Gasteiger partial charge in [-0.25, -0.2) is 0 Å². The highest BCUT2D eigenvalue weighted by Crippen LogP contribution is 1.94. The predicted octanol–water partition coefficient (Wildman–Crippen LogP) is -2.56. The molecule has 50 valence electrons. The zero-order valence-corrected chi connectivity index (χ0v) is 5.29. The SMILES string of the molecule is [B]C1C[NH2+]CC(CO)O1. The Labute approximate surface area is 55.8 Å². The molecule has 0 aromatic carbocycles. The van der Waals surface area contributed by atoms with E-state index in [-0.39, 0.29) is 18.7 Å². The molecular formula is C5H11BNO2+. The van der Waals surface area contributed by atoms with Crippen LogP contribution in [0.4, 0.5) is 0 Å². The molecule has 0 aromatic heterocycles. The van der Waals surface area contributed by atoms with Crippen LogP contribution in [0, 0.1) is 0 Å². The summed E-state index contributed by atoms with van der Waals surface area (Å²) in [5.74, 6) is 0. The molecule has 0 amide bonds. The normalized spacial score (nSPS) is 36.6. The average molecular weight is 128 g/mol. The Hall–Kier alpha value is -0.0551. The van der Waals surface area contributed by atoms with E-state index in [1.165, 1.54) is 0 Å². The zero-order chi connectivity index (χ0) is 6.69. The van der Waals surface area contributed by atoms with Gasteiger partial charge in [-0.05, 0) is 0 Å². The van der Waals surface area contributed by atoms with Gasteiger partial charge in [0.25, 0.3) is 0 Å². The maximum atomic E-state index is 8.61. The van der Waals surface area contributed by atoms with Gasteiger partial charge in [-0.2, -0.15) is 0 Å². The summed E-state index contributed by atoms with van der Waals surface area (Å²) >= 11 is 0. The van der Waals surface area contributed by atoms with Gasteiger partial charge in [-0.1, -0.05) is 0 Å². The van der Waals surface area contributed by atoms with Crippen LogP contribution >= 0.6 is 0 Å². The van der Waals surface area contributed by atoms with Crippen LogP contribution in [0.5, 0.6) is 0 Å². The van der Waals surface area contributed by atoms with Crippen LogP contribution in [-0.4, -0.2) is 44.8 Å². The molecule has 0 saturated carbocycles. The maximum absolute atomic E-state index is 8.61. The fourth-order valence-corrected chi connectivity index (χ4v) is 0.922. The molecule has 1 aliphatic rings. The number of ether oxygens (including phenoxy) is 1. The number of quaternary nitrogens is 1. The van der Waals surface area contributed by atoms with E-state index in [2.05, 4.69) is 5.32 Å². The molecule has 2 unspecified atom stereocenters. The van der Waals surface area contributed by atoms with Crippen molar-refractivity contribution in [3.05, 3.63) is 0 Å². The Balaban J connectivity index is 2.23. The highest BCUT2D eigenvalue weighted by atomic mass is 16.5. The van der Waals surface area contributed by atoms with Crippen LogP contribution in [0.15, 0.2) is 0 Å². The standard InChI is InChI=1S/C5H10BNO2/c6-5-2-7-1-4(3-8)9-5/h4-5,7-8H,1-3H2/p+1. The van der Waals surface area contributed by atoms with E-state index in [0.29, 0.717) is 0 Å². The molecule has 0 aromatic rings. The van der Waals surface area contributed by atoms with E-state index in [9.17, 15) is 0 Å². The zero-order valence-electron chi connectivity index (χ0n) is 5.29. The minimum Gasteiger partial charge on any atom is -0.393 e. The summed E-state index contributed by atoms with van der Waals surface area (Å²) in [5.41, 5.74) is 0. The van der Waals surface area contributed by atoms with Gasteiger partial charge in [-0.15, -0.1) is 0 Å². The largest absolute Gasteiger partial charge is 0.393 e. The van der Waals surface area contributed by atoms with Gasteiger partial charge in [0.15, 0.2) is 0 Å². The molecule has 1 saturated heterocycles. The highest BCUT2D eigenvalue weighted by Gasteiger charge is 2.19. The van der Waals surface area contributed by atoms with Crippen molar-refractivity contribution in [2.75, 3.05) is 19.7 Å². The molecule has 2 radical (unpaired) electrons. The number of hydrogen-bond donors (Lipinski definition) is 2. The van der Waals surface area contributed by atoms with E-state index >= 15 is 0 Å². The molecule has 1 aliphatic heterocycles. The minimum atomic E-state index is -0.198. The van der Waals surface area contributed by atoms with Crippen LogP contribution in [0.1, 0.15) is 0 Å². The Morgan fingerprint density at radius 1 is 1.67 bits per heavy atom. The van der Waals surface area contributed by atoms with Crippen molar-refractivity contribution in [2.45, 2.75) is 12.1 Å². The highest BCUT2D eigenvalue weighted by molar-refractivity contribution is 6.11. The second-order valence-corrected chi connectivity index (χ2v) is 2.24. The van der Waals surface area contributed by atoms with Crippen LogP contribution in [-0.2, 0) is 4.74 Å². The summed E-state index contributed by atoms with van der Waals surface area (Å²) in [4.78, 5) is 0. The summed E-state index contributed by atoms with van der Waals surface area (Å²) in [6, 6.07) is -0.198. The van der Waals surface area contributed by atoms with E-state index in [0.717, 1.165) is 13.1 Å². The number of hydrogen-bond acceptors (Lipinski definition) is 2. The van der Waals surface area contributed by atoms with E-state index < -0.39 is 0 Å². The summed E-state index contributed by atoms with van der Waals surface area (Å²) in [5, 5.41) is 10.7. The summed E-state index contributed by atoms with van der Waals surface area (Å²) in [6.45, 7) is 1.70. The van der Waals surface area contributed by atoms with Gasteiger partial charge in [0, 0.05) is 0 Å². The number of nitrogens with two attached hydrogens (primary N) is 1. The summed E-state index contributed by atoms with van der Waals surface area (Å²) in [7, 11) is 5.44. The van der Waals surface area contributed by atoms with Crippen LogP contribution < -0.4 is 5.32 Å². The smallest absolute Gasteiger partial charge is 0.129 e. The Morgan fingerprint density at radius 2 is 2.44 bits per heavy atom. The molecule has 3 N–H and O–H groups in total. The molecule has 2 atom stereocenters. The Bertz CT molecular complexity index is 91.0. The third-order valence-electron chi connectivity index (χ3n) is 1.40. The number of morpholine rings is 1. The molecule has 0 spiro atoms. The van der Waals surface area contributed by atoms with Crippen molar-refractivity contribution in [3.63, 3.8) is 0 Å². The van der Waals surface area contributed by atoms with Crippen molar-refractivity contribution in [1.29, 1.82) is 0 Å². The second kappa shape index (κ2) is 3.20. The van der Waals surface area contributed by atoms with Gasteiger partial charge in [0.05, 0.1) is 19.2 Å². The van der Waals surface area contributed by atoms with Crippen molar-refractivity contribution < 1.29 is 15.2 Å². The minimum absolute atomic E-state index is 0.0613. The lowest BCUT2D eigenvalue weighted by Crippen LogP contribution is -2.91. The van der Waals surface area contributed by atoms with Crippen molar-refractivity contribution >= 4 is 7.85 Å². The van der Waals surface area contributed by atoms with Crippen LogP contribution in [0.2, 0.25) is 0 Å². The van der Waals surface area contributed by atoms with E-state index in [1.807, 2.05) is 0 Å². The fourth-order valence-electron chi connectivity index (χ4n) is 0.922. The summed E-state index contributed by atoms with van der Waals surface area (Å²) in [6.07, 6.45) is -0.0613. The number of aliphatic hydroxyl groups is 1. The Kier molecular flexibility index (Phi) is 2.51. The first-order chi connectivity index (χ1) is 4.33. The lowest BCUT2D eigenvalue weighted by atomic mass is 9.98. The number of rotatable bonds is 1. The first kappa shape index (κ1) is 7.06. The van der Waals surface area contributed by atoms with Gasteiger partial charge in [-0.3, -0.25) is 0 Å². The third-order valence-corrected chi connectivity index (χ3v) is 1.40. The molecule has 0 bridgehead atoms. The predicted molar refractivity (Wildman–Crippen MR) is 33.2 cm³/mol. The van der Waals surface area contributed by atoms with Gasteiger partial charge in [0.2, 0.25) is 0 Å². The van der Waals surface area contributed by atoms with Gasteiger partial charge < -0.3 is 15.2 Å². The molecule has 1 fully saturated rings. The van der Waals surface area contributed by atoms with Gasteiger partial charge >= 0.3 is 0 Å². The molecule has 0 aliphatic carbocycles. The van der Waals surface area contributed by atoms with E-state index in [1.54, 1.807) is 0 Å². The van der Waals surface area contributed by atoms with Crippen LogP contribution in [0.3, 0.4) is 0 Å². The fraction of sp³-hybridized carbons (Fsp3) is 1.00. The molecular weight excluding hydrogens is 117 g/mol. The van der Waals surface area contributed by atoms with Crippen molar-refractivity contribution in [1.82, 2.24) is 0 Å². The number of aliphatic hydroxyl groups excluding tert-OH is 1. The topological polar surface area (TPSA) is 46.1 Å². The monoisotopic (exact) mass is 128 g/mol. The first-order valence-corrected chi connectivity index (χ1v) is 3.16. The lowest BCUT2D eigenvalue weighted by molar-refractivity contribution is -0.680. The lowest BCUT2D eigenvalue weighted by Gasteiger charge is -2.24. The summed E-state index contributed by atoms with van der Waals surface area (Å²) < 4.78 is 5.13. The van der Waals surface area contributed by atoms with Crippen LogP contribution in [0.25, 0.3) is 0 Å². The second-order valence-electron chi connectivity index (χ2n) is 2.24. The first-order valence-electron chi connectivity index (χ1n) is 3.16. The quantitative estimate of drug-likeness (QED) is 0.381. The molecule has 1 heterocycles. The Morgan fingerprint density at radius 3 is 2.89 bits per heavy atom.